The fourth-order valence-electron chi connectivity index (χ4n) is 1.96. The van der Waals surface area contributed by atoms with E-state index in [0.717, 1.165) is 30.3 Å². The molecule has 1 heterocycles. The minimum atomic E-state index is 0.657. The van der Waals surface area contributed by atoms with Gasteiger partial charge in [0.1, 0.15) is 13.2 Å². The van der Waals surface area contributed by atoms with Gasteiger partial charge < -0.3 is 14.8 Å². The average Bonchev–Trinajstić information content (AvgIpc) is 2.46. The molecule has 0 spiro atoms. The van der Waals surface area contributed by atoms with Gasteiger partial charge in [-0.3, -0.25) is 0 Å². The highest BCUT2D eigenvalue weighted by molar-refractivity contribution is 7.99. The molecule has 0 fully saturated rings. The van der Waals surface area contributed by atoms with Crippen molar-refractivity contribution in [3.63, 3.8) is 0 Å². The van der Waals surface area contributed by atoms with Crippen LogP contribution in [-0.2, 0) is 0 Å². The van der Waals surface area contributed by atoms with Crippen LogP contribution in [0.25, 0.3) is 0 Å². The van der Waals surface area contributed by atoms with Gasteiger partial charge in [-0.15, -0.1) is 11.8 Å². The second kappa shape index (κ2) is 8.33. The third-order valence-electron chi connectivity index (χ3n) is 2.96. The number of rotatable bonds is 8. The van der Waals surface area contributed by atoms with Gasteiger partial charge in [0, 0.05) is 4.90 Å². The predicted molar refractivity (Wildman–Crippen MR) is 80.6 cm³/mol. The molecular weight excluding hydrogens is 258 g/mol. The minimum absolute atomic E-state index is 0.657. The first-order valence-corrected chi connectivity index (χ1v) is 8.12. The number of hydrogen-bond acceptors (Lipinski definition) is 4. The molecule has 3 nitrogen and oxygen atoms in total. The zero-order valence-electron chi connectivity index (χ0n) is 11.6. The number of thioether (sulfide) groups is 1. The number of fused-ring (bicyclic) bond motifs is 1. The fourth-order valence-corrected chi connectivity index (χ4v) is 2.90. The van der Waals surface area contributed by atoms with Crippen LogP contribution in [0.1, 0.15) is 26.2 Å². The third-order valence-corrected chi connectivity index (χ3v) is 4.04. The van der Waals surface area contributed by atoms with Gasteiger partial charge >= 0.3 is 0 Å². The standard InChI is InChI=1S/C15H23NO2S/c1-2-7-16-8-3-4-11-19-13-5-6-14-15(12-13)18-10-9-17-14/h5-6,12,16H,2-4,7-11H2,1H3. The number of ether oxygens (including phenoxy) is 2. The van der Waals surface area contributed by atoms with Crippen molar-refractivity contribution in [1.29, 1.82) is 0 Å². The van der Waals surface area contributed by atoms with Gasteiger partial charge in [0.15, 0.2) is 11.5 Å². The number of benzene rings is 1. The van der Waals surface area contributed by atoms with E-state index in [-0.39, 0.29) is 0 Å². The summed E-state index contributed by atoms with van der Waals surface area (Å²) >= 11 is 1.89. The van der Waals surface area contributed by atoms with E-state index in [9.17, 15) is 0 Å². The molecule has 1 aliphatic rings. The summed E-state index contributed by atoms with van der Waals surface area (Å²) in [7, 11) is 0. The summed E-state index contributed by atoms with van der Waals surface area (Å²) in [6, 6.07) is 6.22. The average molecular weight is 281 g/mol. The van der Waals surface area contributed by atoms with E-state index in [4.69, 9.17) is 9.47 Å². The lowest BCUT2D eigenvalue weighted by molar-refractivity contribution is 0.171. The Morgan fingerprint density at radius 2 is 1.95 bits per heavy atom. The van der Waals surface area contributed by atoms with Crippen molar-refractivity contribution in [1.82, 2.24) is 5.32 Å². The summed E-state index contributed by atoms with van der Waals surface area (Å²) in [4.78, 5) is 1.27. The first kappa shape index (κ1) is 14.5. The van der Waals surface area contributed by atoms with E-state index in [1.807, 2.05) is 17.8 Å². The molecule has 1 aromatic carbocycles. The first-order valence-electron chi connectivity index (χ1n) is 7.13. The lowest BCUT2D eigenvalue weighted by Crippen LogP contribution is -2.15. The van der Waals surface area contributed by atoms with Crippen LogP contribution in [0.5, 0.6) is 11.5 Å². The highest BCUT2D eigenvalue weighted by Gasteiger charge is 2.11. The SMILES string of the molecule is CCCNCCCCSc1ccc2c(c1)OCCO2. The van der Waals surface area contributed by atoms with Crippen molar-refractivity contribution in [3.8, 4) is 11.5 Å². The van der Waals surface area contributed by atoms with Crippen molar-refractivity contribution in [2.24, 2.45) is 0 Å². The molecule has 0 amide bonds. The molecule has 0 saturated carbocycles. The van der Waals surface area contributed by atoms with Crippen LogP contribution in [-0.4, -0.2) is 32.1 Å². The Morgan fingerprint density at radius 3 is 2.79 bits per heavy atom. The monoisotopic (exact) mass is 281 g/mol. The highest BCUT2D eigenvalue weighted by Crippen LogP contribution is 2.34. The van der Waals surface area contributed by atoms with Crippen molar-refractivity contribution in [2.75, 3.05) is 32.1 Å². The summed E-state index contributed by atoms with van der Waals surface area (Å²) in [6.07, 6.45) is 3.71. The van der Waals surface area contributed by atoms with E-state index in [1.165, 1.54) is 24.2 Å². The Kier molecular flexibility index (Phi) is 6.37. The second-order valence-electron chi connectivity index (χ2n) is 4.61. The normalized spacial score (nSPS) is 13.5. The lowest BCUT2D eigenvalue weighted by atomic mass is 10.3. The van der Waals surface area contributed by atoms with E-state index >= 15 is 0 Å². The van der Waals surface area contributed by atoms with E-state index in [0.29, 0.717) is 13.2 Å². The van der Waals surface area contributed by atoms with Gasteiger partial charge in [-0.2, -0.15) is 0 Å². The van der Waals surface area contributed by atoms with Crippen LogP contribution >= 0.6 is 11.8 Å². The molecular formula is C15H23NO2S. The van der Waals surface area contributed by atoms with Crippen LogP contribution in [0, 0.1) is 0 Å². The smallest absolute Gasteiger partial charge is 0.162 e. The number of hydrogen-bond donors (Lipinski definition) is 1. The molecule has 4 heteroatoms. The van der Waals surface area contributed by atoms with Crippen LogP contribution in [0.15, 0.2) is 23.1 Å². The summed E-state index contributed by atoms with van der Waals surface area (Å²) in [5, 5.41) is 3.43. The van der Waals surface area contributed by atoms with Crippen molar-refractivity contribution in [2.45, 2.75) is 31.1 Å². The zero-order chi connectivity index (χ0) is 13.3. The van der Waals surface area contributed by atoms with Crippen LogP contribution in [0.4, 0.5) is 0 Å². The molecule has 0 saturated heterocycles. The summed E-state index contributed by atoms with van der Waals surface area (Å²) in [5.41, 5.74) is 0. The Bertz CT molecular complexity index is 384. The van der Waals surface area contributed by atoms with E-state index < -0.39 is 0 Å². The molecule has 2 rings (SSSR count). The van der Waals surface area contributed by atoms with Crippen molar-refractivity contribution < 1.29 is 9.47 Å². The quantitative estimate of drug-likeness (QED) is 0.585. The van der Waals surface area contributed by atoms with E-state index in [2.05, 4.69) is 24.4 Å². The van der Waals surface area contributed by atoms with Crippen LogP contribution in [0.2, 0.25) is 0 Å². The molecule has 0 radical (unpaired) electrons. The predicted octanol–water partition coefficient (Wildman–Crippen LogP) is 3.33. The molecule has 0 aromatic heterocycles. The maximum absolute atomic E-state index is 5.59. The topological polar surface area (TPSA) is 30.5 Å². The fraction of sp³-hybridized carbons (Fsp3) is 0.600. The maximum Gasteiger partial charge on any atom is 0.162 e. The zero-order valence-corrected chi connectivity index (χ0v) is 12.4. The second-order valence-corrected chi connectivity index (χ2v) is 5.78. The Hall–Kier alpha value is -0.870. The molecule has 19 heavy (non-hydrogen) atoms. The third kappa shape index (κ3) is 4.96. The van der Waals surface area contributed by atoms with E-state index in [1.54, 1.807) is 0 Å². The largest absolute Gasteiger partial charge is 0.486 e. The molecule has 0 unspecified atom stereocenters. The molecule has 106 valence electrons. The van der Waals surface area contributed by atoms with Crippen molar-refractivity contribution >= 4 is 11.8 Å². The molecule has 1 aromatic rings. The number of unbranched alkanes of at least 4 members (excludes halogenated alkanes) is 1. The summed E-state index contributed by atoms with van der Waals surface area (Å²) < 4.78 is 11.1. The highest BCUT2D eigenvalue weighted by atomic mass is 32.2. The Balaban J connectivity index is 1.66. The van der Waals surface area contributed by atoms with Gasteiger partial charge in [0.2, 0.25) is 0 Å². The molecule has 1 aliphatic heterocycles. The maximum atomic E-state index is 5.59. The summed E-state index contributed by atoms with van der Waals surface area (Å²) in [5.74, 6) is 2.92. The minimum Gasteiger partial charge on any atom is -0.486 e. The first-order chi connectivity index (χ1) is 9.40. The molecule has 0 atom stereocenters. The van der Waals surface area contributed by atoms with Gasteiger partial charge in [-0.1, -0.05) is 6.92 Å². The van der Waals surface area contributed by atoms with Crippen LogP contribution in [0.3, 0.4) is 0 Å². The van der Waals surface area contributed by atoms with Gasteiger partial charge in [0.25, 0.3) is 0 Å². The van der Waals surface area contributed by atoms with Crippen molar-refractivity contribution in [3.05, 3.63) is 18.2 Å². The molecule has 1 N–H and O–H groups in total. The lowest BCUT2D eigenvalue weighted by Gasteiger charge is -2.18. The van der Waals surface area contributed by atoms with Gasteiger partial charge in [-0.25, -0.2) is 0 Å². The summed E-state index contributed by atoms with van der Waals surface area (Å²) in [6.45, 7) is 5.78. The number of nitrogens with one attached hydrogen (secondary N) is 1. The Labute approximate surface area is 120 Å². The van der Waals surface area contributed by atoms with Gasteiger partial charge in [0.05, 0.1) is 0 Å². The molecule has 0 bridgehead atoms. The Morgan fingerprint density at radius 1 is 1.11 bits per heavy atom. The molecule has 0 aliphatic carbocycles. The van der Waals surface area contributed by atoms with Gasteiger partial charge in [-0.05, 0) is 56.3 Å². The van der Waals surface area contributed by atoms with Crippen LogP contribution < -0.4 is 14.8 Å².